The standard InChI is InChI=1S/C25H24BrFN4O2/c26-19-5-2-4-18(15-19)25(32)31-8-7-22-21(16-31)24(30-9-11-33-12-10-30)29-23(28-22)14-17-3-1-6-20(27)13-17/h1-6,13,15H,7-12,14,16H2. The van der Waals surface area contributed by atoms with Crippen LogP contribution in [0.4, 0.5) is 10.2 Å². The summed E-state index contributed by atoms with van der Waals surface area (Å²) in [5.74, 6) is 1.27. The van der Waals surface area contributed by atoms with E-state index in [2.05, 4.69) is 20.8 Å². The molecule has 0 saturated carbocycles. The summed E-state index contributed by atoms with van der Waals surface area (Å²) >= 11 is 3.45. The molecule has 0 aliphatic carbocycles. The van der Waals surface area contributed by atoms with Gasteiger partial charge in [0.05, 0.1) is 25.5 Å². The summed E-state index contributed by atoms with van der Waals surface area (Å²) in [5.41, 5.74) is 3.46. The van der Waals surface area contributed by atoms with Crippen LogP contribution in [0.15, 0.2) is 53.0 Å². The van der Waals surface area contributed by atoms with Gasteiger partial charge in [-0.25, -0.2) is 14.4 Å². The normalized spacial score (nSPS) is 15.9. The van der Waals surface area contributed by atoms with Crippen LogP contribution in [0.1, 0.15) is 33.0 Å². The van der Waals surface area contributed by atoms with Gasteiger partial charge in [0.2, 0.25) is 0 Å². The second-order valence-electron chi connectivity index (χ2n) is 8.28. The number of rotatable bonds is 4. The van der Waals surface area contributed by atoms with Crippen LogP contribution < -0.4 is 4.90 Å². The van der Waals surface area contributed by atoms with Gasteiger partial charge < -0.3 is 14.5 Å². The summed E-state index contributed by atoms with van der Waals surface area (Å²) in [6, 6.07) is 14.0. The minimum atomic E-state index is -0.263. The van der Waals surface area contributed by atoms with Crippen molar-refractivity contribution in [3.05, 3.63) is 87.0 Å². The third kappa shape index (κ3) is 4.91. The zero-order chi connectivity index (χ0) is 22.8. The van der Waals surface area contributed by atoms with Gasteiger partial charge in [-0.1, -0.05) is 34.1 Å². The van der Waals surface area contributed by atoms with Crippen LogP contribution >= 0.6 is 15.9 Å². The van der Waals surface area contributed by atoms with Gasteiger partial charge in [-0.05, 0) is 35.9 Å². The topological polar surface area (TPSA) is 58.6 Å². The van der Waals surface area contributed by atoms with Crippen LogP contribution in [0, 0.1) is 5.82 Å². The van der Waals surface area contributed by atoms with E-state index >= 15 is 0 Å². The fourth-order valence-corrected chi connectivity index (χ4v) is 4.77. The van der Waals surface area contributed by atoms with Crippen molar-refractivity contribution in [2.45, 2.75) is 19.4 Å². The van der Waals surface area contributed by atoms with Crippen molar-refractivity contribution in [1.82, 2.24) is 14.9 Å². The molecule has 3 heterocycles. The Morgan fingerprint density at radius 1 is 1.06 bits per heavy atom. The van der Waals surface area contributed by atoms with Gasteiger partial charge in [-0.15, -0.1) is 0 Å². The maximum Gasteiger partial charge on any atom is 0.254 e. The van der Waals surface area contributed by atoms with E-state index in [9.17, 15) is 9.18 Å². The predicted octanol–water partition coefficient (Wildman–Crippen LogP) is 4.00. The number of hydrogen-bond acceptors (Lipinski definition) is 5. The molecule has 1 fully saturated rings. The smallest absolute Gasteiger partial charge is 0.254 e. The highest BCUT2D eigenvalue weighted by Crippen LogP contribution is 2.29. The zero-order valence-corrected chi connectivity index (χ0v) is 19.7. The lowest BCUT2D eigenvalue weighted by Gasteiger charge is -2.34. The first-order valence-corrected chi connectivity index (χ1v) is 11.9. The summed E-state index contributed by atoms with van der Waals surface area (Å²) in [6.07, 6.45) is 1.12. The molecule has 5 rings (SSSR count). The number of carbonyl (C=O) groups excluding carboxylic acids is 1. The molecule has 170 valence electrons. The molecule has 0 radical (unpaired) electrons. The molecular weight excluding hydrogens is 487 g/mol. The number of amides is 1. The van der Waals surface area contributed by atoms with Gasteiger partial charge in [0.25, 0.3) is 5.91 Å². The highest BCUT2D eigenvalue weighted by Gasteiger charge is 2.29. The van der Waals surface area contributed by atoms with Crippen LogP contribution in [0.5, 0.6) is 0 Å². The SMILES string of the molecule is O=C(c1cccc(Br)c1)N1CCc2nc(Cc3cccc(F)c3)nc(N3CCOCC3)c2C1. The van der Waals surface area contributed by atoms with E-state index in [0.29, 0.717) is 50.5 Å². The summed E-state index contributed by atoms with van der Waals surface area (Å²) < 4.78 is 20.1. The van der Waals surface area contributed by atoms with Crippen molar-refractivity contribution in [2.24, 2.45) is 0 Å². The highest BCUT2D eigenvalue weighted by molar-refractivity contribution is 9.10. The van der Waals surface area contributed by atoms with Crippen LogP contribution in [-0.2, 0) is 24.1 Å². The van der Waals surface area contributed by atoms with Crippen molar-refractivity contribution < 1.29 is 13.9 Å². The lowest BCUT2D eigenvalue weighted by molar-refractivity contribution is 0.0732. The number of anilines is 1. The molecule has 2 aliphatic rings. The minimum absolute atomic E-state index is 0.00119. The van der Waals surface area contributed by atoms with E-state index < -0.39 is 0 Å². The number of nitrogens with zero attached hydrogens (tertiary/aromatic N) is 4. The number of halogens is 2. The summed E-state index contributed by atoms with van der Waals surface area (Å²) in [4.78, 5) is 27.0. The average Bonchev–Trinajstić information content (AvgIpc) is 2.83. The molecule has 1 aromatic heterocycles. The summed E-state index contributed by atoms with van der Waals surface area (Å²) in [7, 11) is 0. The van der Waals surface area contributed by atoms with E-state index in [1.54, 1.807) is 6.07 Å². The first-order chi connectivity index (χ1) is 16.1. The second kappa shape index (κ2) is 9.57. The van der Waals surface area contributed by atoms with Crippen LogP contribution in [0.3, 0.4) is 0 Å². The van der Waals surface area contributed by atoms with Gasteiger partial charge in [0.15, 0.2) is 0 Å². The zero-order valence-electron chi connectivity index (χ0n) is 18.1. The summed E-state index contributed by atoms with van der Waals surface area (Å²) in [6.45, 7) is 3.81. The molecule has 0 spiro atoms. The Morgan fingerprint density at radius 3 is 2.67 bits per heavy atom. The lowest BCUT2D eigenvalue weighted by Crippen LogP contribution is -2.41. The lowest BCUT2D eigenvalue weighted by atomic mass is 10.0. The number of benzene rings is 2. The quantitative estimate of drug-likeness (QED) is 0.530. The van der Waals surface area contributed by atoms with Crippen LogP contribution in [0.25, 0.3) is 0 Å². The molecule has 0 unspecified atom stereocenters. The molecule has 33 heavy (non-hydrogen) atoms. The van der Waals surface area contributed by atoms with E-state index in [0.717, 1.165) is 40.2 Å². The Kier molecular flexibility index (Phi) is 6.37. The van der Waals surface area contributed by atoms with Gasteiger partial charge in [-0.2, -0.15) is 0 Å². The molecule has 1 saturated heterocycles. The molecular formula is C25H24BrFN4O2. The second-order valence-corrected chi connectivity index (χ2v) is 9.20. The minimum Gasteiger partial charge on any atom is -0.378 e. The Bertz CT molecular complexity index is 1180. The van der Waals surface area contributed by atoms with E-state index in [4.69, 9.17) is 14.7 Å². The van der Waals surface area contributed by atoms with Gasteiger partial charge in [0.1, 0.15) is 17.5 Å². The largest absolute Gasteiger partial charge is 0.378 e. The number of fused-ring (bicyclic) bond motifs is 1. The highest BCUT2D eigenvalue weighted by atomic mass is 79.9. The van der Waals surface area contributed by atoms with Crippen molar-refractivity contribution in [3.63, 3.8) is 0 Å². The number of carbonyl (C=O) groups is 1. The molecule has 6 nitrogen and oxygen atoms in total. The molecule has 8 heteroatoms. The third-order valence-electron chi connectivity index (χ3n) is 6.01. The Balaban J connectivity index is 1.47. The maximum absolute atomic E-state index is 13.7. The molecule has 2 aromatic carbocycles. The Labute approximate surface area is 200 Å². The number of hydrogen-bond donors (Lipinski definition) is 0. The monoisotopic (exact) mass is 510 g/mol. The number of aromatic nitrogens is 2. The van der Waals surface area contributed by atoms with E-state index in [1.165, 1.54) is 12.1 Å². The van der Waals surface area contributed by atoms with Crippen molar-refractivity contribution >= 4 is 27.7 Å². The Hall–Kier alpha value is -2.84. The molecule has 1 amide bonds. The van der Waals surface area contributed by atoms with Gasteiger partial charge >= 0.3 is 0 Å². The van der Waals surface area contributed by atoms with Gasteiger partial charge in [-0.3, -0.25) is 4.79 Å². The third-order valence-corrected chi connectivity index (χ3v) is 6.50. The summed E-state index contributed by atoms with van der Waals surface area (Å²) in [5, 5.41) is 0. The maximum atomic E-state index is 13.7. The van der Waals surface area contributed by atoms with E-state index in [-0.39, 0.29) is 11.7 Å². The average molecular weight is 511 g/mol. The number of ether oxygens (including phenoxy) is 1. The van der Waals surface area contributed by atoms with Gasteiger partial charge in [0, 0.05) is 48.1 Å². The van der Waals surface area contributed by atoms with E-state index in [1.807, 2.05) is 35.2 Å². The molecule has 0 N–H and O–H groups in total. The first kappa shape index (κ1) is 22.0. The number of morpholine rings is 1. The fraction of sp³-hybridized carbons (Fsp3) is 0.320. The first-order valence-electron chi connectivity index (χ1n) is 11.1. The molecule has 2 aliphatic heterocycles. The Morgan fingerprint density at radius 2 is 1.88 bits per heavy atom. The van der Waals surface area contributed by atoms with Crippen molar-refractivity contribution in [1.29, 1.82) is 0 Å². The van der Waals surface area contributed by atoms with Crippen LogP contribution in [0.2, 0.25) is 0 Å². The van der Waals surface area contributed by atoms with Crippen molar-refractivity contribution in [2.75, 3.05) is 37.7 Å². The predicted molar refractivity (Wildman–Crippen MR) is 127 cm³/mol. The van der Waals surface area contributed by atoms with Crippen LogP contribution in [-0.4, -0.2) is 53.6 Å². The molecule has 0 bridgehead atoms. The fourth-order valence-electron chi connectivity index (χ4n) is 4.37. The molecule has 0 atom stereocenters. The molecule has 3 aromatic rings. The van der Waals surface area contributed by atoms with Crippen molar-refractivity contribution in [3.8, 4) is 0 Å².